The van der Waals surface area contributed by atoms with Crippen LogP contribution in [0, 0.1) is 17.8 Å². The molecule has 2 nitrogen and oxygen atoms in total. The van der Waals surface area contributed by atoms with E-state index >= 15 is 0 Å². The number of hydrogen-bond acceptors (Lipinski definition) is 2. The Hall–Kier alpha value is -1.05. The van der Waals surface area contributed by atoms with Crippen LogP contribution < -0.4 is 0 Å². The molecule has 0 aliphatic heterocycles. The van der Waals surface area contributed by atoms with Crippen LogP contribution in [0.15, 0.2) is 23.8 Å². The predicted molar refractivity (Wildman–Crippen MR) is 54.6 cm³/mol. The minimum Gasteiger partial charge on any atom is -0.461 e. The van der Waals surface area contributed by atoms with Gasteiger partial charge in [0.05, 0.1) is 5.92 Å². The predicted octanol–water partition coefficient (Wildman–Crippen LogP) is 2.32. The highest BCUT2D eigenvalue weighted by molar-refractivity contribution is 5.77. The van der Waals surface area contributed by atoms with Crippen LogP contribution in [0.1, 0.15) is 20.3 Å². The second-order valence-corrected chi connectivity index (χ2v) is 4.34. The lowest BCUT2D eigenvalue weighted by Crippen LogP contribution is -2.09. The van der Waals surface area contributed by atoms with E-state index in [2.05, 4.69) is 12.2 Å². The van der Waals surface area contributed by atoms with Gasteiger partial charge in [-0.15, -0.1) is 0 Å². The maximum absolute atomic E-state index is 11.5. The molecule has 0 heterocycles. The van der Waals surface area contributed by atoms with E-state index in [1.54, 1.807) is 0 Å². The van der Waals surface area contributed by atoms with Crippen molar-refractivity contribution in [3.05, 3.63) is 23.8 Å². The second kappa shape index (κ2) is 3.60. The molecule has 3 atom stereocenters. The summed E-state index contributed by atoms with van der Waals surface area (Å²) >= 11 is 0. The molecule has 2 aliphatic carbocycles. The molecule has 0 unspecified atom stereocenters. The summed E-state index contributed by atoms with van der Waals surface area (Å²) in [4.78, 5) is 11.5. The van der Waals surface area contributed by atoms with Crippen molar-refractivity contribution < 1.29 is 9.53 Å². The van der Waals surface area contributed by atoms with Crippen LogP contribution in [0.3, 0.4) is 0 Å². The molecule has 2 aliphatic rings. The molecule has 14 heavy (non-hydrogen) atoms. The number of carbonyl (C=O) groups is 1. The Balaban J connectivity index is 1.75. The molecule has 76 valence electrons. The first-order chi connectivity index (χ1) is 6.70. The summed E-state index contributed by atoms with van der Waals surface area (Å²) in [6.45, 7) is 4.44. The molecular weight excluding hydrogens is 176 g/mol. The molecular formula is C12H16O2. The van der Waals surface area contributed by atoms with Gasteiger partial charge in [-0.2, -0.15) is 0 Å². The summed E-state index contributed by atoms with van der Waals surface area (Å²) in [6, 6.07) is 0. The highest BCUT2D eigenvalue weighted by atomic mass is 16.5. The lowest BCUT2D eigenvalue weighted by molar-refractivity contribution is -0.144. The van der Waals surface area contributed by atoms with E-state index in [-0.39, 0.29) is 11.9 Å². The number of rotatable bonds is 3. The van der Waals surface area contributed by atoms with Gasteiger partial charge in [-0.25, -0.2) is 0 Å². The van der Waals surface area contributed by atoms with Crippen molar-refractivity contribution >= 4 is 5.97 Å². The van der Waals surface area contributed by atoms with E-state index in [0.29, 0.717) is 18.4 Å². The number of ether oxygens (including phenoxy) is 1. The van der Waals surface area contributed by atoms with Crippen LogP contribution in [-0.2, 0) is 9.53 Å². The molecule has 0 saturated heterocycles. The van der Waals surface area contributed by atoms with Crippen molar-refractivity contribution in [1.29, 1.82) is 0 Å². The molecule has 1 saturated carbocycles. The van der Waals surface area contributed by atoms with Crippen LogP contribution in [0.5, 0.6) is 0 Å². The highest BCUT2D eigenvalue weighted by Crippen LogP contribution is 2.54. The minimum atomic E-state index is -0.0122. The van der Waals surface area contributed by atoms with Crippen LogP contribution in [0.25, 0.3) is 0 Å². The van der Waals surface area contributed by atoms with Crippen molar-refractivity contribution in [3.63, 3.8) is 0 Å². The fourth-order valence-electron chi connectivity index (χ4n) is 2.08. The Kier molecular flexibility index (Phi) is 2.44. The van der Waals surface area contributed by atoms with E-state index in [1.165, 1.54) is 5.57 Å². The third-order valence-electron chi connectivity index (χ3n) is 2.99. The molecule has 0 N–H and O–H groups in total. The SMILES string of the molecule is CC(C)=CCOC(=O)[C@H]1[C@H]2C=CC[C@H]21. The van der Waals surface area contributed by atoms with Crippen LogP contribution >= 0.6 is 0 Å². The number of hydrogen-bond donors (Lipinski definition) is 0. The summed E-state index contributed by atoms with van der Waals surface area (Å²) in [6.07, 6.45) is 7.31. The zero-order chi connectivity index (χ0) is 10.1. The van der Waals surface area contributed by atoms with E-state index in [4.69, 9.17) is 4.74 Å². The third kappa shape index (κ3) is 1.74. The second-order valence-electron chi connectivity index (χ2n) is 4.34. The van der Waals surface area contributed by atoms with Gasteiger partial charge in [0, 0.05) is 0 Å². The smallest absolute Gasteiger partial charge is 0.310 e. The fourth-order valence-corrected chi connectivity index (χ4v) is 2.08. The molecule has 0 amide bonds. The molecule has 0 aromatic heterocycles. The van der Waals surface area contributed by atoms with Gasteiger partial charge in [0.15, 0.2) is 0 Å². The van der Waals surface area contributed by atoms with Gasteiger partial charge in [0.1, 0.15) is 6.61 Å². The summed E-state index contributed by atoms with van der Waals surface area (Å²) < 4.78 is 5.16. The van der Waals surface area contributed by atoms with Gasteiger partial charge < -0.3 is 4.74 Å². The molecule has 0 radical (unpaired) electrons. The molecule has 2 rings (SSSR count). The Morgan fingerprint density at radius 2 is 2.36 bits per heavy atom. The standard InChI is InChI=1S/C12H16O2/c1-8(2)6-7-14-12(13)11-9-4-3-5-10(9)11/h3-4,6,9-11H,5,7H2,1-2H3/t9-,10+,11-/m0/s1. The van der Waals surface area contributed by atoms with Crippen molar-refractivity contribution in [2.24, 2.45) is 17.8 Å². The van der Waals surface area contributed by atoms with Crippen molar-refractivity contribution in [3.8, 4) is 0 Å². The summed E-state index contributed by atoms with van der Waals surface area (Å²) in [5.41, 5.74) is 1.19. The Morgan fingerprint density at radius 3 is 2.93 bits per heavy atom. The minimum absolute atomic E-state index is 0.0122. The number of allylic oxidation sites excluding steroid dienone is 3. The van der Waals surface area contributed by atoms with Crippen LogP contribution in [0.2, 0.25) is 0 Å². The van der Waals surface area contributed by atoms with Gasteiger partial charge in [-0.05, 0) is 38.2 Å². The zero-order valence-electron chi connectivity index (χ0n) is 8.69. The Bertz CT molecular complexity index is 297. The van der Waals surface area contributed by atoms with Gasteiger partial charge in [0.2, 0.25) is 0 Å². The van der Waals surface area contributed by atoms with Gasteiger partial charge >= 0.3 is 5.97 Å². The first kappa shape index (κ1) is 9.50. The average Bonchev–Trinajstić information content (AvgIpc) is 2.60. The van der Waals surface area contributed by atoms with E-state index in [9.17, 15) is 4.79 Å². The third-order valence-corrected chi connectivity index (χ3v) is 2.99. The monoisotopic (exact) mass is 192 g/mol. The molecule has 2 heteroatoms. The summed E-state index contributed by atoms with van der Waals surface area (Å²) in [5.74, 6) is 1.22. The number of esters is 1. The normalized spacial score (nSPS) is 32.3. The molecule has 1 fully saturated rings. The maximum Gasteiger partial charge on any atom is 0.310 e. The topological polar surface area (TPSA) is 26.3 Å². The van der Waals surface area contributed by atoms with Crippen LogP contribution in [-0.4, -0.2) is 12.6 Å². The van der Waals surface area contributed by atoms with E-state index < -0.39 is 0 Å². The maximum atomic E-state index is 11.5. The first-order valence-electron chi connectivity index (χ1n) is 5.17. The first-order valence-corrected chi connectivity index (χ1v) is 5.17. The van der Waals surface area contributed by atoms with Gasteiger partial charge in [0.25, 0.3) is 0 Å². The van der Waals surface area contributed by atoms with Crippen molar-refractivity contribution in [2.75, 3.05) is 6.61 Å². The highest BCUT2D eigenvalue weighted by Gasteiger charge is 2.55. The molecule has 0 aromatic carbocycles. The lowest BCUT2D eigenvalue weighted by Gasteiger charge is -2.01. The Labute approximate surface area is 84.6 Å². The lowest BCUT2D eigenvalue weighted by atomic mass is 10.2. The zero-order valence-corrected chi connectivity index (χ0v) is 8.69. The number of carbonyl (C=O) groups excluding carboxylic acids is 1. The van der Waals surface area contributed by atoms with Gasteiger partial charge in [-0.1, -0.05) is 17.7 Å². The van der Waals surface area contributed by atoms with E-state index in [1.807, 2.05) is 19.9 Å². The Morgan fingerprint density at radius 1 is 1.57 bits per heavy atom. The molecule has 0 aromatic rings. The average molecular weight is 192 g/mol. The van der Waals surface area contributed by atoms with Crippen molar-refractivity contribution in [2.45, 2.75) is 20.3 Å². The quantitative estimate of drug-likeness (QED) is 0.506. The summed E-state index contributed by atoms with van der Waals surface area (Å²) in [5, 5.41) is 0. The molecule has 0 bridgehead atoms. The largest absolute Gasteiger partial charge is 0.461 e. The van der Waals surface area contributed by atoms with E-state index in [0.717, 1.165) is 6.42 Å². The summed E-state index contributed by atoms with van der Waals surface area (Å²) in [7, 11) is 0. The molecule has 0 spiro atoms. The fraction of sp³-hybridized carbons (Fsp3) is 0.583. The number of fused-ring (bicyclic) bond motifs is 1. The van der Waals surface area contributed by atoms with Crippen molar-refractivity contribution in [1.82, 2.24) is 0 Å². The van der Waals surface area contributed by atoms with Gasteiger partial charge in [-0.3, -0.25) is 4.79 Å². The van der Waals surface area contributed by atoms with Crippen LogP contribution in [0.4, 0.5) is 0 Å².